The number of anilines is 2. The van der Waals surface area contributed by atoms with Crippen molar-refractivity contribution in [2.45, 2.75) is 59.8 Å². The highest BCUT2D eigenvalue weighted by molar-refractivity contribution is 5.58. The molecule has 2 aromatic rings. The molecular weight excluding hydrogens is 280 g/mol. The van der Waals surface area contributed by atoms with E-state index >= 15 is 0 Å². The third-order valence-electron chi connectivity index (χ3n) is 4.92. The van der Waals surface area contributed by atoms with Gasteiger partial charge in [-0.25, -0.2) is 0 Å². The lowest BCUT2D eigenvalue weighted by Gasteiger charge is -2.19. The maximum Gasteiger partial charge on any atom is 0.0349 e. The number of nitrogens with two attached hydrogens (primary N) is 2. The standard InChI is InChI=1S/C21H30N2/c1-5-16-14(9-11-20(22)18(16)7-3)13-15-10-12-21(23)19(8-4)17(15)6-2/h9-12H,5-8,13,22-23H2,1-4H3. The molecule has 0 saturated heterocycles. The molecule has 23 heavy (non-hydrogen) atoms. The minimum Gasteiger partial charge on any atom is -0.398 e. The number of nitrogen functional groups attached to an aromatic ring is 2. The van der Waals surface area contributed by atoms with Gasteiger partial charge in [0.2, 0.25) is 0 Å². The minimum absolute atomic E-state index is 0.926. The van der Waals surface area contributed by atoms with Crippen LogP contribution in [0.2, 0.25) is 0 Å². The van der Waals surface area contributed by atoms with Gasteiger partial charge in [0.15, 0.2) is 0 Å². The zero-order chi connectivity index (χ0) is 17.0. The zero-order valence-corrected chi connectivity index (χ0v) is 15.0. The molecule has 2 heteroatoms. The van der Waals surface area contributed by atoms with E-state index in [-0.39, 0.29) is 0 Å². The summed E-state index contributed by atoms with van der Waals surface area (Å²) in [6.07, 6.45) is 5.00. The van der Waals surface area contributed by atoms with Crippen molar-refractivity contribution in [2.24, 2.45) is 0 Å². The van der Waals surface area contributed by atoms with Crippen molar-refractivity contribution in [3.05, 3.63) is 57.6 Å². The van der Waals surface area contributed by atoms with Gasteiger partial charge in [0.05, 0.1) is 0 Å². The van der Waals surface area contributed by atoms with Crippen LogP contribution in [0.4, 0.5) is 11.4 Å². The molecule has 0 aromatic heterocycles. The lowest BCUT2D eigenvalue weighted by atomic mass is 9.88. The van der Waals surface area contributed by atoms with Crippen molar-refractivity contribution in [2.75, 3.05) is 11.5 Å². The molecule has 0 radical (unpaired) electrons. The lowest BCUT2D eigenvalue weighted by Crippen LogP contribution is -2.07. The third-order valence-corrected chi connectivity index (χ3v) is 4.92. The van der Waals surface area contributed by atoms with Gasteiger partial charge in [0.25, 0.3) is 0 Å². The Morgan fingerprint density at radius 3 is 1.22 bits per heavy atom. The van der Waals surface area contributed by atoms with Crippen LogP contribution in [0.15, 0.2) is 24.3 Å². The number of hydrogen-bond acceptors (Lipinski definition) is 2. The number of rotatable bonds is 6. The van der Waals surface area contributed by atoms with Gasteiger partial charge in [-0.3, -0.25) is 0 Å². The van der Waals surface area contributed by atoms with E-state index in [4.69, 9.17) is 11.5 Å². The molecule has 0 unspecified atom stereocenters. The molecule has 0 aliphatic carbocycles. The average Bonchev–Trinajstić information content (AvgIpc) is 2.56. The van der Waals surface area contributed by atoms with Gasteiger partial charge in [-0.1, -0.05) is 39.8 Å². The smallest absolute Gasteiger partial charge is 0.0349 e. The van der Waals surface area contributed by atoms with Crippen LogP contribution in [-0.2, 0) is 32.1 Å². The van der Waals surface area contributed by atoms with E-state index in [0.29, 0.717) is 0 Å². The van der Waals surface area contributed by atoms with Gasteiger partial charge in [0.1, 0.15) is 0 Å². The second kappa shape index (κ2) is 7.54. The molecule has 0 bridgehead atoms. The molecular formula is C21H30N2. The first kappa shape index (κ1) is 17.4. The van der Waals surface area contributed by atoms with Crippen LogP contribution in [0.25, 0.3) is 0 Å². The van der Waals surface area contributed by atoms with Gasteiger partial charge in [-0.2, -0.15) is 0 Å². The second-order valence-electron chi connectivity index (χ2n) is 6.13. The summed E-state index contributed by atoms with van der Waals surface area (Å²) >= 11 is 0. The summed E-state index contributed by atoms with van der Waals surface area (Å²) in [6, 6.07) is 8.54. The second-order valence-corrected chi connectivity index (χ2v) is 6.13. The van der Waals surface area contributed by atoms with Gasteiger partial charge in [-0.05, 0) is 77.6 Å². The van der Waals surface area contributed by atoms with Gasteiger partial charge in [-0.15, -0.1) is 0 Å². The van der Waals surface area contributed by atoms with Crippen LogP contribution >= 0.6 is 0 Å². The topological polar surface area (TPSA) is 52.0 Å². The van der Waals surface area contributed by atoms with E-state index in [9.17, 15) is 0 Å². The normalized spacial score (nSPS) is 11.0. The molecule has 0 heterocycles. The Kier molecular flexibility index (Phi) is 5.70. The van der Waals surface area contributed by atoms with Crippen molar-refractivity contribution in [3.63, 3.8) is 0 Å². The van der Waals surface area contributed by atoms with Crippen LogP contribution in [0.5, 0.6) is 0 Å². The lowest BCUT2D eigenvalue weighted by molar-refractivity contribution is 0.967. The van der Waals surface area contributed by atoms with E-state index in [1.165, 1.54) is 33.4 Å². The van der Waals surface area contributed by atoms with Crippen LogP contribution in [0.1, 0.15) is 61.1 Å². The first-order valence-corrected chi connectivity index (χ1v) is 8.85. The van der Waals surface area contributed by atoms with Gasteiger partial charge < -0.3 is 11.5 Å². The summed E-state index contributed by atoms with van der Waals surface area (Å²) in [4.78, 5) is 0. The molecule has 2 nitrogen and oxygen atoms in total. The van der Waals surface area contributed by atoms with Crippen molar-refractivity contribution >= 4 is 11.4 Å². The average molecular weight is 310 g/mol. The fourth-order valence-corrected chi connectivity index (χ4v) is 3.77. The van der Waals surface area contributed by atoms with E-state index in [2.05, 4.69) is 52.0 Å². The predicted octanol–water partition coefficient (Wildman–Crippen LogP) is 4.69. The van der Waals surface area contributed by atoms with Crippen LogP contribution in [0.3, 0.4) is 0 Å². The summed E-state index contributed by atoms with van der Waals surface area (Å²) in [5.74, 6) is 0. The largest absolute Gasteiger partial charge is 0.398 e. The maximum absolute atomic E-state index is 6.17. The molecule has 0 aliphatic heterocycles. The van der Waals surface area contributed by atoms with E-state index < -0.39 is 0 Å². The zero-order valence-electron chi connectivity index (χ0n) is 15.0. The summed E-state index contributed by atoms with van der Waals surface area (Å²) in [7, 11) is 0. The molecule has 2 aromatic carbocycles. The maximum atomic E-state index is 6.17. The Bertz CT molecular complexity index is 627. The van der Waals surface area contributed by atoms with Crippen LogP contribution in [-0.4, -0.2) is 0 Å². The molecule has 0 fully saturated rings. The first-order chi connectivity index (χ1) is 11.1. The predicted molar refractivity (Wildman–Crippen MR) is 102 cm³/mol. The molecule has 0 aliphatic rings. The van der Waals surface area contributed by atoms with Gasteiger partial charge in [0, 0.05) is 11.4 Å². The Balaban J connectivity index is 2.52. The Morgan fingerprint density at radius 1 is 0.565 bits per heavy atom. The van der Waals surface area contributed by atoms with E-state index in [0.717, 1.165) is 43.5 Å². The Hall–Kier alpha value is -1.96. The molecule has 0 spiro atoms. The summed E-state index contributed by atoms with van der Waals surface area (Å²) in [5, 5.41) is 0. The number of benzene rings is 2. The summed E-state index contributed by atoms with van der Waals surface area (Å²) in [6.45, 7) is 8.81. The molecule has 2 rings (SSSR count). The highest BCUT2D eigenvalue weighted by Gasteiger charge is 2.13. The van der Waals surface area contributed by atoms with Crippen molar-refractivity contribution in [1.82, 2.24) is 0 Å². The highest BCUT2D eigenvalue weighted by Crippen LogP contribution is 2.29. The fraction of sp³-hybridized carbons (Fsp3) is 0.429. The van der Waals surface area contributed by atoms with Crippen LogP contribution in [0, 0.1) is 0 Å². The van der Waals surface area contributed by atoms with E-state index in [1.54, 1.807) is 0 Å². The molecule has 0 atom stereocenters. The summed E-state index contributed by atoms with van der Waals surface area (Å²) in [5.41, 5.74) is 22.5. The Labute approximate surface area is 140 Å². The monoisotopic (exact) mass is 310 g/mol. The number of hydrogen-bond donors (Lipinski definition) is 2. The quantitative estimate of drug-likeness (QED) is 0.760. The minimum atomic E-state index is 0.926. The van der Waals surface area contributed by atoms with Crippen molar-refractivity contribution < 1.29 is 0 Å². The highest BCUT2D eigenvalue weighted by atomic mass is 14.6. The Morgan fingerprint density at radius 2 is 0.913 bits per heavy atom. The third kappa shape index (κ3) is 3.36. The first-order valence-electron chi connectivity index (χ1n) is 8.85. The van der Waals surface area contributed by atoms with E-state index in [1.807, 2.05) is 0 Å². The SMILES string of the molecule is CCc1c(N)ccc(Cc2ccc(N)c(CC)c2CC)c1CC. The molecule has 4 N–H and O–H groups in total. The molecule has 124 valence electrons. The van der Waals surface area contributed by atoms with Gasteiger partial charge >= 0.3 is 0 Å². The fourth-order valence-electron chi connectivity index (χ4n) is 3.77. The van der Waals surface area contributed by atoms with Crippen molar-refractivity contribution in [3.8, 4) is 0 Å². The molecule has 0 saturated carbocycles. The molecule has 0 amide bonds. The summed E-state index contributed by atoms with van der Waals surface area (Å²) < 4.78 is 0. The van der Waals surface area contributed by atoms with Crippen LogP contribution < -0.4 is 11.5 Å². The van der Waals surface area contributed by atoms with Crippen molar-refractivity contribution in [1.29, 1.82) is 0 Å².